The summed E-state index contributed by atoms with van der Waals surface area (Å²) in [6.07, 6.45) is 0.892. The molecule has 0 amide bonds. The monoisotopic (exact) mass is 434 g/mol. The zero-order chi connectivity index (χ0) is 22.6. The van der Waals surface area contributed by atoms with Gasteiger partial charge in [0.2, 0.25) is 0 Å². The smallest absolute Gasteiger partial charge is 0.119 e. The minimum atomic E-state index is 0.241. The van der Waals surface area contributed by atoms with Gasteiger partial charge in [0.1, 0.15) is 17.3 Å². The molecule has 1 aliphatic heterocycles. The average molecular weight is 435 g/mol. The lowest BCUT2D eigenvalue weighted by atomic mass is 9.91. The Balaban J connectivity index is 1.43. The molecule has 1 unspecified atom stereocenters. The zero-order valence-corrected chi connectivity index (χ0v) is 18.8. The summed E-state index contributed by atoms with van der Waals surface area (Å²) in [7, 11) is 3.38. The van der Waals surface area contributed by atoms with E-state index < -0.39 is 0 Å². The molecule has 1 atom stereocenters. The first kappa shape index (κ1) is 20.8. The van der Waals surface area contributed by atoms with E-state index in [1.165, 1.54) is 16.7 Å². The van der Waals surface area contributed by atoms with E-state index in [9.17, 15) is 0 Å². The Bertz CT molecular complexity index is 1230. The average Bonchev–Trinajstić information content (AvgIpc) is 2.87. The Morgan fingerprint density at radius 2 is 1.21 bits per heavy atom. The summed E-state index contributed by atoms with van der Waals surface area (Å²) < 4.78 is 10.6. The lowest BCUT2D eigenvalue weighted by Crippen LogP contribution is -2.46. The molecular formula is C29H26N2O2. The van der Waals surface area contributed by atoms with Gasteiger partial charge in [-0.15, -0.1) is 0 Å². The first-order valence-corrected chi connectivity index (χ1v) is 11.1. The van der Waals surface area contributed by atoms with Crippen LogP contribution < -0.4 is 14.4 Å². The molecular weight excluding hydrogens is 408 g/mol. The van der Waals surface area contributed by atoms with E-state index in [0.717, 1.165) is 35.1 Å². The quantitative estimate of drug-likeness (QED) is 0.326. The lowest BCUT2D eigenvalue weighted by molar-refractivity contribution is 0.414. The van der Waals surface area contributed by atoms with Gasteiger partial charge < -0.3 is 14.4 Å². The standard InChI is InChI=1S/C29H26N2O2/c1-32-26-16-12-22(13-17-26)21-8-10-23(11-9-21)28-20-29(30-24-6-4-3-5-7-24)31(28)25-14-18-27(33-2)19-15-25/h3-19,28H,20H2,1-2H3. The maximum absolute atomic E-state index is 5.35. The van der Waals surface area contributed by atoms with Gasteiger partial charge in [0, 0.05) is 12.1 Å². The minimum Gasteiger partial charge on any atom is -0.497 e. The van der Waals surface area contributed by atoms with Gasteiger partial charge in [-0.25, -0.2) is 4.99 Å². The lowest BCUT2D eigenvalue weighted by Gasteiger charge is -2.44. The second-order valence-corrected chi connectivity index (χ2v) is 8.00. The van der Waals surface area contributed by atoms with Crippen molar-refractivity contribution in [1.29, 1.82) is 0 Å². The summed E-state index contributed by atoms with van der Waals surface area (Å²) in [5, 5.41) is 0. The predicted molar refractivity (Wildman–Crippen MR) is 135 cm³/mol. The van der Waals surface area contributed by atoms with E-state index >= 15 is 0 Å². The third kappa shape index (κ3) is 4.33. The first-order valence-electron chi connectivity index (χ1n) is 11.1. The number of amidine groups is 1. The minimum absolute atomic E-state index is 0.241. The maximum atomic E-state index is 5.35. The van der Waals surface area contributed by atoms with E-state index in [1.807, 2.05) is 54.6 Å². The molecule has 33 heavy (non-hydrogen) atoms. The summed E-state index contributed by atoms with van der Waals surface area (Å²) in [5.74, 6) is 2.78. The normalized spacial score (nSPS) is 16.4. The SMILES string of the molecule is COc1ccc(-c2ccc(C3CC(=Nc4ccccc4)N3c3ccc(OC)cc3)cc2)cc1. The van der Waals surface area contributed by atoms with Crippen LogP contribution in [0.1, 0.15) is 18.0 Å². The van der Waals surface area contributed by atoms with Crippen LogP contribution in [0, 0.1) is 0 Å². The van der Waals surface area contributed by atoms with Gasteiger partial charge in [-0.05, 0) is 65.2 Å². The highest BCUT2D eigenvalue weighted by Gasteiger charge is 2.36. The number of para-hydroxylation sites is 1. The zero-order valence-electron chi connectivity index (χ0n) is 18.8. The third-order valence-corrected chi connectivity index (χ3v) is 6.05. The van der Waals surface area contributed by atoms with Crippen LogP contribution in [0.5, 0.6) is 11.5 Å². The molecule has 4 nitrogen and oxygen atoms in total. The van der Waals surface area contributed by atoms with Gasteiger partial charge in [0.05, 0.1) is 25.9 Å². The van der Waals surface area contributed by atoms with E-state index in [-0.39, 0.29) is 6.04 Å². The molecule has 4 aromatic rings. The third-order valence-electron chi connectivity index (χ3n) is 6.05. The molecule has 0 aromatic heterocycles. The molecule has 0 N–H and O–H groups in total. The second-order valence-electron chi connectivity index (χ2n) is 8.00. The topological polar surface area (TPSA) is 34.1 Å². The molecule has 1 aliphatic rings. The fraction of sp³-hybridized carbons (Fsp3) is 0.138. The van der Waals surface area contributed by atoms with Crippen LogP contribution in [-0.2, 0) is 0 Å². The van der Waals surface area contributed by atoms with E-state index in [4.69, 9.17) is 14.5 Å². The second kappa shape index (κ2) is 9.21. The number of anilines is 1. The number of hydrogen-bond donors (Lipinski definition) is 0. The summed E-state index contributed by atoms with van der Waals surface area (Å²) in [6.45, 7) is 0. The Morgan fingerprint density at radius 3 is 1.79 bits per heavy atom. The molecule has 4 heteroatoms. The fourth-order valence-electron chi connectivity index (χ4n) is 4.20. The molecule has 1 heterocycles. The predicted octanol–water partition coefficient (Wildman–Crippen LogP) is 7.05. The van der Waals surface area contributed by atoms with Gasteiger partial charge in [0.15, 0.2) is 0 Å². The van der Waals surface area contributed by atoms with Crippen LogP contribution in [0.4, 0.5) is 11.4 Å². The van der Waals surface area contributed by atoms with Crippen LogP contribution in [0.2, 0.25) is 0 Å². The van der Waals surface area contributed by atoms with Crippen molar-refractivity contribution in [3.8, 4) is 22.6 Å². The van der Waals surface area contributed by atoms with Crippen molar-refractivity contribution in [3.63, 3.8) is 0 Å². The fourth-order valence-corrected chi connectivity index (χ4v) is 4.20. The highest BCUT2D eigenvalue weighted by molar-refractivity contribution is 6.06. The van der Waals surface area contributed by atoms with Gasteiger partial charge >= 0.3 is 0 Å². The van der Waals surface area contributed by atoms with Crippen molar-refractivity contribution in [2.24, 2.45) is 4.99 Å². The van der Waals surface area contributed by atoms with Crippen molar-refractivity contribution in [2.75, 3.05) is 19.1 Å². The maximum Gasteiger partial charge on any atom is 0.119 e. The van der Waals surface area contributed by atoms with Crippen molar-refractivity contribution < 1.29 is 9.47 Å². The molecule has 4 aromatic carbocycles. The Labute approximate surface area is 194 Å². The van der Waals surface area contributed by atoms with E-state index in [0.29, 0.717) is 0 Å². The number of hydrogen-bond acceptors (Lipinski definition) is 3. The summed E-state index contributed by atoms with van der Waals surface area (Å²) in [5.41, 5.74) is 5.72. The van der Waals surface area contributed by atoms with Crippen LogP contribution in [0.25, 0.3) is 11.1 Å². The summed E-state index contributed by atoms with van der Waals surface area (Å²) in [6, 6.07) is 35.5. The number of nitrogens with zero attached hydrogens (tertiary/aromatic N) is 2. The van der Waals surface area contributed by atoms with Crippen LogP contribution in [-0.4, -0.2) is 20.1 Å². The Hall–Kier alpha value is -4.05. The number of rotatable bonds is 6. The molecule has 5 rings (SSSR count). The van der Waals surface area contributed by atoms with Gasteiger partial charge in [-0.3, -0.25) is 0 Å². The van der Waals surface area contributed by atoms with Crippen molar-refractivity contribution in [1.82, 2.24) is 0 Å². The van der Waals surface area contributed by atoms with Crippen molar-refractivity contribution in [2.45, 2.75) is 12.5 Å². The Morgan fingerprint density at radius 1 is 0.667 bits per heavy atom. The van der Waals surface area contributed by atoms with Gasteiger partial charge in [-0.1, -0.05) is 54.6 Å². The largest absolute Gasteiger partial charge is 0.497 e. The number of aliphatic imine (C=N–C) groups is 1. The molecule has 1 fully saturated rings. The van der Waals surface area contributed by atoms with Gasteiger partial charge in [0.25, 0.3) is 0 Å². The molecule has 0 saturated carbocycles. The van der Waals surface area contributed by atoms with E-state index in [2.05, 4.69) is 53.4 Å². The summed E-state index contributed by atoms with van der Waals surface area (Å²) in [4.78, 5) is 7.24. The van der Waals surface area contributed by atoms with E-state index in [1.54, 1.807) is 14.2 Å². The van der Waals surface area contributed by atoms with Crippen molar-refractivity contribution >= 4 is 17.2 Å². The molecule has 164 valence electrons. The van der Waals surface area contributed by atoms with Crippen LogP contribution >= 0.6 is 0 Å². The Kier molecular flexibility index (Phi) is 5.81. The number of methoxy groups -OCH3 is 2. The number of ether oxygens (including phenoxy) is 2. The highest BCUT2D eigenvalue weighted by atomic mass is 16.5. The molecule has 0 spiro atoms. The first-order chi connectivity index (χ1) is 16.2. The van der Waals surface area contributed by atoms with Crippen LogP contribution in [0.3, 0.4) is 0 Å². The summed E-state index contributed by atoms with van der Waals surface area (Å²) >= 11 is 0. The highest BCUT2D eigenvalue weighted by Crippen LogP contribution is 2.41. The van der Waals surface area contributed by atoms with Gasteiger partial charge in [-0.2, -0.15) is 0 Å². The molecule has 1 saturated heterocycles. The number of benzene rings is 4. The molecule has 0 aliphatic carbocycles. The van der Waals surface area contributed by atoms with Crippen LogP contribution in [0.15, 0.2) is 108 Å². The molecule has 0 bridgehead atoms. The van der Waals surface area contributed by atoms with Crippen molar-refractivity contribution in [3.05, 3.63) is 109 Å². The molecule has 0 radical (unpaired) electrons.